The van der Waals surface area contributed by atoms with Crippen LogP contribution in [-0.4, -0.2) is 35.4 Å². The Balaban J connectivity index is 1.53. The summed E-state index contributed by atoms with van der Waals surface area (Å²) >= 11 is 0. The third kappa shape index (κ3) is 4.59. The molecule has 0 bridgehead atoms. The maximum Gasteiger partial charge on any atom is 0.269 e. The molecule has 1 aliphatic rings. The number of hydrogen-bond donors (Lipinski definition) is 1. The second kappa shape index (κ2) is 10.2. The third-order valence-corrected chi connectivity index (χ3v) is 7.39. The molecule has 0 radical (unpaired) electrons. The second-order valence-electron chi connectivity index (χ2n) is 9.22. The molecule has 34 heavy (non-hydrogen) atoms. The molecule has 1 amide bonds. The van der Waals surface area contributed by atoms with Crippen molar-refractivity contribution >= 4 is 11.6 Å². The van der Waals surface area contributed by atoms with Gasteiger partial charge in [-0.05, 0) is 55.3 Å². The summed E-state index contributed by atoms with van der Waals surface area (Å²) in [7, 11) is 2.12. The highest BCUT2D eigenvalue weighted by atomic mass is 16.6. The van der Waals surface area contributed by atoms with Crippen LogP contribution in [0.3, 0.4) is 0 Å². The molecule has 2 N–H and O–H groups in total. The van der Waals surface area contributed by atoms with Crippen molar-refractivity contribution in [1.29, 1.82) is 0 Å². The van der Waals surface area contributed by atoms with Crippen LogP contribution < -0.4 is 5.73 Å². The number of nitro benzene ring substituents is 1. The molecule has 6 nitrogen and oxygen atoms in total. The molecule has 1 fully saturated rings. The first-order valence-corrected chi connectivity index (χ1v) is 11.8. The molecule has 176 valence electrons. The molecule has 2 unspecified atom stereocenters. The summed E-state index contributed by atoms with van der Waals surface area (Å²) in [5.74, 6) is -0.203. The lowest BCUT2D eigenvalue weighted by atomic mass is 9.64. The van der Waals surface area contributed by atoms with Crippen molar-refractivity contribution in [2.75, 3.05) is 13.6 Å². The summed E-state index contributed by atoms with van der Waals surface area (Å²) in [5.41, 5.74) is 8.43. The fraction of sp³-hybridized carbons (Fsp3) is 0.321. The van der Waals surface area contributed by atoms with Gasteiger partial charge in [0.2, 0.25) is 5.91 Å². The maximum atomic E-state index is 13.2. The summed E-state index contributed by atoms with van der Waals surface area (Å²) < 4.78 is 0. The van der Waals surface area contributed by atoms with Crippen molar-refractivity contribution in [1.82, 2.24) is 4.90 Å². The summed E-state index contributed by atoms with van der Waals surface area (Å²) in [6, 6.07) is 27.0. The summed E-state index contributed by atoms with van der Waals surface area (Å²) in [5, 5.41) is 10.9. The number of nitro groups is 1. The van der Waals surface area contributed by atoms with Gasteiger partial charge in [0.05, 0.1) is 4.92 Å². The number of primary amides is 1. The van der Waals surface area contributed by atoms with E-state index >= 15 is 0 Å². The number of nitrogens with zero attached hydrogens (tertiary/aromatic N) is 2. The van der Waals surface area contributed by atoms with Gasteiger partial charge in [-0.2, -0.15) is 0 Å². The standard InChI is InChI=1S/C28H31N3O3/c1-30(19-18-21-12-15-25(16-13-21)31(33)34)26-17-14-24(20-26)28(27(29)32,22-8-4-2-5-9-22)23-10-6-3-7-11-23/h2-13,15-16,24,26H,14,17-20H2,1H3,(H2,29,32). The number of non-ortho nitro benzene ring substituents is 1. The summed E-state index contributed by atoms with van der Waals surface area (Å²) in [6.45, 7) is 0.843. The van der Waals surface area contributed by atoms with Crippen LogP contribution in [0.25, 0.3) is 0 Å². The largest absolute Gasteiger partial charge is 0.369 e. The Morgan fingerprint density at radius 2 is 1.53 bits per heavy atom. The number of carbonyl (C=O) groups is 1. The SMILES string of the molecule is CN(CCc1ccc([N+](=O)[O-])cc1)C1CCC(C(C(N)=O)(c2ccccc2)c2ccccc2)C1. The third-order valence-electron chi connectivity index (χ3n) is 7.39. The zero-order valence-electron chi connectivity index (χ0n) is 19.5. The van der Waals surface area contributed by atoms with Crippen LogP contribution in [0.5, 0.6) is 0 Å². The lowest BCUT2D eigenvalue weighted by molar-refractivity contribution is -0.384. The highest BCUT2D eigenvalue weighted by Crippen LogP contribution is 2.47. The van der Waals surface area contributed by atoms with E-state index in [1.165, 1.54) is 0 Å². The highest BCUT2D eigenvalue weighted by molar-refractivity contribution is 5.91. The molecule has 1 aliphatic carbocycles. The highest BCUT2D eigenvalue weighted by Gasteiger charge is 2.50. The van der Waals surface area contributed by atoms with E-state index in [4.69, 9.17) is 5.73 Å². The molecule has 1 saturated carbocycles. The maximum absolute atomic E-state index is 13.2. The molecule has 4 rings (SSSR count). The van der Waals surface area contributed by atoms with Crippen molar-refractivity contribution in [3.05, 3.63) is 112 Å². The van der Waals surface area contributed by atoms with Gasteiger partial charge >= 0.3 is 0 Å². The van der Waals surface area contributed by atoms with Gasteiger partial charge < -0.3 is 10.6 Å². The Morgan fingerprint density at radius 3 is 2.03 bits per heavy atom. The number of rotatable bonds is 9. The molecule has 0 spiro atoms. The Bertz CT molecular complexity index is 1080. The molecule has 6 heteroatoms. The van der Waals surface area contributed by atoms with E-state index in [9.17, 15) is 14.9 Å². The number of amides is 1. The first-order valence-electron chi connectivity index (χ1n) is 11.8. The fourth-order valence-corrected chi connectivity index (χ4v) is 5.55. The van der Waals surface area contributed by atoms with Crippen molar-refractivity contribution in [2.45, 2.75) is 37.1 Å². The Hall–Kier alpha value is -3.51. The first-order chi connectivity index (χ1) is 16.4. The van der Waals surface area contributed by atoms with Gasteiger partial charge in [-0.3, -0.25) is 14.9 Å². The summed E-state index contributed by atoms with van der Waals surface area (Å²) in [6.07, 6.45) is 3.60. The van der Waals surface area contributed by atoms with Crippen molar-refractivity contribution in [3.8, 4) is 0 Å². The lowest BCUT2D eigenvalue weighted by Crippen LogP contribution is -2.48. The Labute approximate surface area is 200 Å². The fourth-order valence-electron chi connectivity index (χ4n) is 5.55. The first kappa shape index (κ1) is 23.6. The number of likely N-dealkylation sites (N-methyl/N-ethyl adjacent to an activating group) is 1. The van der Waals surface area contributed by atoms with E-state index in [-0.39, 0.29) is 22.4 Å². The van der Waals surface area contributed by atoms with Gasteiger partial charge in [0, 0.05) is 24.7 Å². The zero-order valence-corrected chi connectivity index (χ0v) is 19.5. The average Bonchev–Trinajstić information content (AvgIpc) is 3.35. The minimum absolute atomic E-state index is 0.0987. The molecule has 0 aromatic heterocycles. The van der Waals surface area contributed by atoms with E-state index in [1.807, 2.05) is 72.8 Å². The predicted molar refractivity (Wildman–Crippen MR) is 133 cm³/mol. The van der Waals surface area contributed by atoms with Crippen molar-refractivity contribution < 1.29 is 9.72 Å². The second-order valence-corrected chi connectivity index (χ2v) is 9.22. The Kier molecular flexibility index (Phi) is 7.08. The van der Waals surface area contributed by atoms with E-state index in [1.54, 1.807) is 12.1 Å². The Morgan fingerprint density at radius 1 is 0.971 bits per heavy atom. The van der Waals surface area contributed by atoms with Crippen LogP contribution in [-0.2, 0) is 16.6 Å². The van der Waals surface area contributed by atoms with E-state index in [2.05, 4.69) is 11.9 Å². The normalized spacial score (nSPS) is 18.2. The van der Waals surface area contributed by atoms with E-state index in [0.29, 0.717) is 6.04 Å². The summed E-state index contributed by atoms with van der Waals surface area (Å²) in [4.78, 5) is 26.1. The van der Waals surface area contributed by atoms with Crippen LogP contribution in [0, 0.1) is 16.0 Å². The van der Waals surface area contributed by atoms with Gasteiger partial charge in [0.15, 0.2) is 0 Å². The van der Waals surface area contributed by atoms with E-state index in [0.717, 1.165) is 48.9 Å². The molecular weight excluding hydrogens is 426 g/mol. The molecule has 0 heterocycles. The van der Waals surface area contributed by atoms with Gasteiger partial charge in [0.1, 0.15) is 5.41 Å². The number of nitrogens with two attached hydrogens (primary N) is 1. The van der Waals surface area contributed by atoms with Gasteiger partial charge in [0.25, 0.3) is 5.69 Å². The minimum Gasteiger partial charge on any atom is -0.369 e. The predicted octanol–water partition coefficient (Wildman–Crippen LogP) is 4.71. The number of carbonyl (C=O) groups excluding carboxylic acids is 1. The number of benzene rings is 3. The number of hydrogen-bond acceptors (Lipinski definition) is 4. The monoisotopic (exact) mass is 457 g/mol. The van der Waals surface area contributed by atoms with Crippen LogP contribution in [0.1, 0.15) is 36.0 Å². The van der Waals surface area contributed by atoms with Crippen LogP contribution in [0.4, 0.5) is 5.69 Å². The zero-order chi connectivity index (χ0) is 24.1. The van der Waals surface area contributed by atoms with Gasteiger partial charge in [-0.25, -0.2) is 0 Å². The van der Waals surface area contributed by atoms with Crippen molar-refractivity contribution in [3.63, 3.8) is 0 Å². The average molecular weight is 458 g/mol. The lowest BCUT2D eigenvalue weighted by Gasteiger charge is -2.38. The van der Waals surface area contributed by atoms with E-state index < -0.39 is 5.41 Å². The van der Waals surface area contributed by atoms with Gasteiger partial charge in [-0.15, -0.1) is 0 Å². The van der Waals surface area contributed by atoms with Crippen LogP contribution >= 0.6 is 0 Å². The molecule has 0 aliphatic heterocycles. The minimum atomic E-state index is -0.865. The molecule has 3 aromatic rings. The van der Waals surface area contributed by atoms with Crippen molar-refractivity contribution in [2.24, 2.45) is 11.7 Å². The smallest absolute Gasteiger partial charge is 0.269 e. The molecule has 0 saturated heterocycles. The molecular formula is C28H31N3O3. The molecule has 2 atom stereocenters. The van der Waals surface area contributed by atoms with Crippen LogP contribution in [0.2, 0.25) is 0 Å². The topological polar surface area (TPSA) is 89.5 Å². The van der Waals surface area contributed by atoms with Gasteiger partial charge in [-0.1, -0.05) is 72.8 Å². The quantitative estimate of drug-likeness (QED) is 0.372. The molecule has 3 aromatic carbocycles. The van der Waals surface area contributed by atoms with Crippen LogP contribution in [0.15, 0.2) is 84.9 Å².